The zero-order valence-corrected chi connectivity index (χ0v) is 13.9. The van der Waals surface area contributed by atoms with Crippen LogP contribution < -0.4 is 22.1 Å². The molecule has 0 aliphatic carbocycles. The van der Waals surface area contributed by atoms with E-state index in [1.165, 1.54) is 12.3 Å². The molecule has 7 nitrogen and oxygen atoms in total. The smallest absolute Gasteiger partial charge is 0.320 e. The zero-order valence-electron chi connectivity index (χ0n) is 13.1. The van der Waals surface area contributed by atoms with Crippen LogP contribution in [0.25, 0.3) is 0 Å². The van der Waals surface area contributed by atoms with Crippen LogP contribution in [0.2, 0.25) is 5.02 Å². The molecule has 24 heavy (non-hydrogen) atoms. The first-order valence-corrected chi connectivity index (χ1v) is 7.71. The Morgan fingerprint density at radius 2 is 2.04 bits per heavy atom. The fourth-order valence-corrected chi connectivity index (χ4v) is 2.32. The summed E-state index contributed by atoms with van der Waals surface area (Å²) in [5.74, 6) is 0.103. The largest absolute Gasteiger partial charge is 0.398 e. The molecule has 0 bridgehead atoms. The molecule has 8 heteroatoms. The van der Waals surface area contributed by atoms with Gasteiger partial charge in [0.2, 0.25) is 0 Å². The maximum absolute atomic E-state index is 12.2. The minimum Gasteiger partial charge on any atom is -0.398 e. The number of amides is 2. The summed E-state index contributed by atoms with van der Waals surface area (Å²) in [6, 6.07) is 8.20. The Balaban J connectivity index is 2.05. The molecule has 1 aromatic heterocycles. The van der Waals surface area contributed by atoms with E-state index in [4.69, 9.17) is 28.5 Å². The molecule has 7 N–H and O–H groups in total. The van der Waals surface area contributed by atoms with Crippen molar-refractivity contribution in [3.8, 4) is 0 Å². The molecule has 2 aromatic rings. The third-order valence-electron chi connectivity index (χ3n) is 3.45. The second-order valence-electron chi connectivity index (χ2n) is 5.18. The number of nitrogens with one attached hydrogen (secondary N) is 3. The summed E-state index contributed by atoms with van der Waals surface area (Å²) in [7, 11) is 0. The Labute approximate surface area is 144 Å². The van der Waals surface area contributed by atoms with Crippen molar-refractivity contribution in [3.05, 3.63) is 52.7 Å². The molecular formula is C16H19ClN6O. The fraction of sp³-hybridized carbons (Fsp3) is 0.188. The first-order chi connectivity index (χ1) is 11.4. The van der Waals surface area contributed by atoms with Crippen LogP contribution in [-0.2, 0) is 0 Å². The Morgan fingerprint density at radius 3 is 2.58 bits per heavy atom. The molecule has 1 unspecified atom stereocenters. The summed E-state index contributed by atoms with van der Waals surface area (Å²) in [5.41, 5.74) is 12.7. The van der Waals surface area contributed by atoms with E-state index in [9.17, 15) is 4.79 Å². The Kier molecular flexibility index (Phi) is 5.59. The molecule has 0 saturated heterocycles. The summed E-state index contributed by atoms with van der Waals surface area (Å²) in [6.45, 7) is 1.97. The molecular weight excluding hydrogens is 328 g/mol. The van der Waals surface area contributed by atoms with E-state index in [1.54, 1.807) is 12.1 Å². The van der Waals surface area contributed by atoms with Gasteiger partial charge in [0, 0.05) is 23.0 Å². The number of benzene rings is 1. The van der Waals surface area contributed by atoms with E-state index in [-0.39, 0.29) is 23.4 Å². The highest BCUT2D eigenvalue weighted by Crippen LogP contribution is 2.20. The lowest BCUT2D eigenvalue weighted by atomic mass is 10.1. The number of rotatable bonds is 5. The van der Waals surface area contributed by atoms with Crippen LogP contribution in [0.15, 0.2) is 36.5 Å². The second kappa shape index (κ2) is 7.65. The third-order valence-corrected chi connectivity index (χ3v) is 3.71. The lowest BCUT2D eigenvalue weighted by Crippen LogP contribution is -2.32. The van der Waals surface area contributed by atoms with E-state index in [1.807, 2.05) is 19.1 Å². The molecule has 0 fully saturated rings. The number of carbonyl (C=O) groups is 1. The molecule has 1 heterocycles. The number of halogens is 1. The minimum atomic E-state index is -0.403. The summed E-state index contributed by atoms with van der Waals surface area (Å²) in [6.07, 6.45) is 2.07. The van der Waals surface area contributed by atoms with E-state index in [0.29, 0.717) is 17.0 Å². The van der Waals surface area contributed by atoms with Crippen LogP contribution in [0.1, 0.15) is 30.5 Å². The van der Waals surface area contributed by atoms with Crippen molar-refractivity contribution in [1.29, 1.82) is 5.41 Å². The van der Waals surface area contributed by atoms with Gasteiger partial charge in [-0.3, -0.25) is 10.7 Å². The molecule has 1 aromatic carbocycles. The van der Waals surface area contributed by atoms with Crippen molar-refractivity contribution in [2.24, 2.45) is 5.73 Å². The van der Waals surface area contributed by atoms with Crippen molar-refractivity contribution < 1.29 is 4.79 Å². The van der Waals surface area contributed by atoms with Crippen molar-refractivity contribution >= 4 is 35.0 Å². The summed E-state index contributed by atoms with van der Waals surface area (Å²) < 4.78 is 0. The maximum atomic E-state index is 12.2. The highest BCUT2D eigenvalue weighted by atomic mass is 35.5. The standard InChI is InChI=1S/C16H19ClN6O/c1-2-13(9-3-5-10(17)6-4-9)22-16(24)23-14-7-12(18)11(8-21-14)15(19)20/h3-8,13H,2H2,1H3,(H3,19,20)(H4,18,21,22,23,24). The molecule has 0 aliphatic rings. The topological polar surface area (TPSA) is 130 Å². The predicted octanol–water partition coefficient (Wildman–Crippen LogP) is 2.87. The Morgan fingerprint density at radius 1 is 1.38 bits per heavy atom. The maximum Gasteiger partial charge on any atom is 0.320 e. The van der Waals surface area contributed by atoms with Crippen LogP contribution in [0, 0.1) is 5.41 Å². The van der Waals surface area contributed by atoms with Gasteiger partial charge >= 0.3 is 6.03 Å². The number of aromatic nitrogens is 1. The normalized spacial score (nSPS) is 11.6. The van der Waals surface area contributed by atoms with Gasteiger partial charge in [0.25, 0.3) is 0 Å². The quantitative estimate of drug-likeness (QED) is 0.421. The molecule has 0 aliphatic heterocycles. The Hall–Kier alpha value is -2.80. The van der Waals surface area contributed by atoms with E-state index in [2.05, 4.69) is 15.6 Å². The van der Waals surface area contributed by atoms with Crippen molar-refractivity contribution in [2.45, 2.75) is 19.4 Å². The van der Waals surface area contributed by atoms with Gasteiger partial charge in [-0.1, -0.05) is 30.7 Å². The number of nitrogen functional groups attached to an aromatic ring is 2. The van der Waals surface area contributed by atoms with E-state index < -0.39 is 6.03 Å². The van der Waals surface area contributed by atoms with Gasteiger partial charge in [-0.05, 0) is 24.1 Å². The highest BCUT2D eigenvalue weighted by molar-refractivity contribution is 6.30. The average molecular weight is 347 g/mol. The van der Waals surface area contributed by atoms with Gasteiger partial charge in [-0.15, -0.1) is 0 Å². The van der Waals surface area contributed by atoms with Crippen molar-refractivity contribution in [1.82, 2.24) is 10.3 Å². The van der Waals surface area contributed by atoms with Crippen LogP contribution in [0.3, 0.4) is 0 Å². The molecule has 1 atom stereocenters. The Bertz CT molecular complexity index is 747. The molecule has 0 radical (unpaired) electrons. The van der Waals surface area contributed by atoms with Crippen LogP contribution in [0.5, 0.6) is 0 Å². The van der Waals surface area contributed by atoms with Crippen LogP contribution in [0.4, 0.5) is 16.3 Å². The van der Waals surface area contributed by atoms with Gasteiger partial charge in [0.05, 0.1) is 11.6 Å². The highest BCUT2D eigenvalue weighted by Gasteiger charge is 2.14. The minimum absolute atomic E-state index is 0.156. The van der Waals surface area contributed by atoms with Crippen molar-refractivity contribution in [2.75, 3.05) is 11.1 Å². The molecule has 0 spiro atoms. The van der Waals surface area contributed by atoms with Crippen LogP contribution in [-0.4, -0.2) is 16.9 Å². The van der Waals surface area contributed by atoms with Gasteiger partial charge in [-0.25, -0.2) is 9.78 Å². The van der Waals surface area contributed by atoms with Gasteiger partial charge in [0.15, 0.2) is 0 Å². The lowest BCUT2D eigenvalue weighted by molar-refractivity contribution is 0.248. The molecule has 2 amide bonds. The van der Waals surface area contributed by atoms with Gasteiger partial charge in [0.1, 0.15) is 11.7 Å². The van der Waals surface area contributed by atoms with E-state index >= 15 is 0 Å². The van der Waals surface area contributed by atoms with E-state index in [0.717, 1.165) is 5.56 Å². The summed E-state index contributed by atoms with van der Waals surface area (Å²) in [4.78, 5) is 16.2. The SMILES string of the molecule is CCC(NC(=O)Nc1cc(N)c(C(=N)N)cn1)c1ccc(Cl)cc1. The van der Waals surface area contributed by atoms with Gasteiger partial charge in [-0.2, -0.15) is 0 Å². The number of nitrogens with zero attached hydrogens (tertiary/aromatic N) is 1. The predicted molar refractivity (Wildman–Crippen MR) is 96.3 cm³/mol. The number of urea groups is 1. The zero-order chi connectivity index (χ0) is 17.7. The first-order valence-electron chi connectivity index (χ1n) is 7.33. The number of hydrogen-bond donors (Lipinski definition) is 5. The first kappa shape index (κ1) is 17.6. The monoisotopic (exact) mass is 346 g/mol. The van der Waals surface area contributed by atoms with Crippen molar-refractivity contribution in [3.63, 3.8) is 0 Å². The number of anilines is 2. The third kappa shape index (κ3) is 4.36. The van der Waals surface area contributed by atoms with Crippen LogP contribution >= 0.6 is 11.6 Å². The number of carbonyl (C=O) groups excluding carboxylic acids is 1. The number of amidine groups is 1. The fourth-order valence-electron chi connectivity index (χ4n) is 2.19. The average Bonchev–Trinajstić information content (AvgIpc) is 2.53. The number of pyridine rings is 1. The molecule has 2 rings (SSSR count). The molecule has 0 saturated carbocycles. The lowest BCUT2D eigenvalue weighted by Gasteiger charge is -2.18. The molecule has 126 valence electrons. The number of nitrogens with two attached hydrogens (primary N) is 2. The summed E-state index contributed by atoms with van der Waals surface area (Å²) >= 11 is 5.88. The second-order valence-corrected chi connectivity index (χ2v) is 5.62. The number of hydrogen-bond acceptors (Lipinski definition) is 4. The van der Waals surface area contributed by atoms with Gasteiger partial charge < -0.3 is 16.8 Å². The summed E-state index contributed by atoms with van der Waals surface area (Å²) in [5, 5.41) is 13.5.